The van der Waals surface area contributed by atoms with E-state index >= 15 is 0 Å². The van der Waals surface area contributed by atoms with E-state index in [1.807, 2.05) is 6.92 Å². The van der Waals surface area contributed by atoms with Crippen LogP contribution in [0.2, 0.25) is 0 Å². The summed E-state index contributed by atoms with van der Waals surface area (Å²) >= 11 is 0. The molecule has 0 saturated carbocycles. The third-order valence-corrected chi connectivity index (χ3v) is 1.88. The van der Waals surface area contributed by atoms with Gasteiger partial charge < -0.3 is 4.74 Å². The van der Waals surface area contributed by atoms with Crippen LogP contribution in [0.3, 0.4) is 0 Å². The van der Waals surface area contributed by atoms with Crippen molar-refractivity contribution in [2.24, 2.45) is 5.92 Å². The lowest BCUT2D eigenvalue weighted by Crippen LogP contribution is -2.11. The molecule has 10 heavy (non-hydrogen) atoms. The third kappa shape index (κ3) is 4.80. The molecule has 62 valence electrons. The molecule has 0 fully saturated rings. The van der Waals surface area contributed by atoms with Gasteiger partial charge in [0, 0.05) is 6.61 Å². The number of hydrogen-bond acceptors (Lipinski definition) is 1. The first-order valence-corrected chi connectivity index (χ1v) is 4.32. The zero-order valence-electron chi connectivity index (χ0n) is 7.68. The monoisotopic (exact) mass is 144 g/mol. The Morgan fingerprint density at radius 1 is 1.20 bits per heavy atom. The molecule has 2 atom stereocenters. The molecule has 0 saturated heterocycles. The van der Waals surface area contributed by atoms with Crippen LogP contribution < -0.4 is 0 Å². The van der Waals surface area contributed by atoms with Crippen molar-refractivity contribution in [2.45, 2.75) is 46.6 Å². The number of ether oxygens (including phenoxy) is 1. The largest absolute Gasteiger partial charge is 0.379 e. The summed E-state index contributed by atoms with van der Waals surface area (Å²) < 4.78 is 5.41. The Labute approximate surface area is 64.8 Å². The standard InChI is InChI=1S/C9H20O/c1-5-8(3)7-9(4)10-6-2/h8-9H,5-7H2,1-4H3. The summed E-state index contributed by atoms with van der Waals surface area (Å²) in [5, 5.41) is 0. The van der Waals surface area contributed by atoms with Crippen LogP contribution in [0.4, 0.5) is 0 Å². The average Bonchev–Trinajstić information content (AvgIpc) is 1.88. The minimum absolute atomic E-state index is 0.444. The third-order valence-electron chi connectivity index (χ3n) is 1.88. The van der Waals surface area contributed by atoms with E-state index in [0.717, 1.165) is 12.5 Å². The summed E-state index contributed by atoms with van der Waals surface area (Å²) in [6.07, 6.45) is 2.90. The molecule has 0 aromatic rings. The lowest BCUT2D eigenvalue weighted by atomic mass is 10.0. The predicted octanol–water partition coefficient (Wildman–Crippen LogP) is 2.85. The molecule has 0 heterocycles. The molecule has 0 aliphatic carbocycles. The smallest absolute Gasteiger partial charge is 0.0549 e. The van der Waals surface area contributed by atoms with Gasteiger partial charge in [0.2, 0.25) is 0 Å². The molecular formula is C9H20O. The summed E-state index contributed by atoms with van der Waals surface area (Å²) in [6, 6.07) is 0. The van der Waals surface area contributed by atoms with Crippen molar-refractivity contribution in [3.63, 3.8) is 0 Å². The van der Waals surface area contributed by atoms with E-state index in [-0.39, 0.29) is 0 Å². The van der Waals surface area contributed by atoms with Gasteiger partial charge in [-0.2, -0.15) is 0 Å². The molecule has 0 spiro atoms. The second-order valence-electron chi connectivity index (χ2n) is 3.02. The van der Waals surface area contributed by atoms with Crippen molar-refractivity contribution in [1.82, 2.24) is 0 Å². The zero-order chi connectivity index (χ0) is 7.98. The van der Waals surface area contributed by atoms with Crippen molar-refractivity contribution in [1.29, 1.82) is 0 Å². The fourth-order valence-electron chi connectivity index (χ4n) is 1.09. The van der Waals surface area contributed by atoms with Crippen LogP contribution in [-0.2, 0) is 4.74 Å². The van der Waals surface area contributed by atoms with Crippen LogP contribution >= 0.6 is 0 Å². The predicted molar refractivity (Wildman–Crippen MR) is 45.2 cm³/mol. The topological polar surface area (TPSA) is 9.23 Å². The quantitative estimate of drug-likeness (QED) is 0.576. The molecule has 0 rings (SSSR count). The molecule has 0 aliphatic heterocycles. The lowest BCUT2D eigenvalue weighted by molar-refractivity contribution is 0.0593. The van der Waals surface area contributed by atoms with E-state index in [2.05, 4.69) is 20.8 Å². The normalized spacial score (nSPS) is 16.8. The maximum atomic E-state index is 5.41. The molecule has 0 amide bonds. The second-order valence-corrected chi connectivity index (χ2v) is 3.02. The number of hydrogen-bond donors (Lipinski definition) is 0. The summed E-state index contributed by atoms with van der Waals surface area (Å²) in [6.45, 7) is 9.54. The van der Waals surface area contributed by atoms with Crippen molar-refractivity contribution < 1.29 is 4.74 Å². The van der Waals surface area contributed by atoms with Crippen LogP contribution in [0, 0.1) is 5.92 Å². The molecule has 1 heteroatoms. The van der Waals surface area contributed by atoms with Gasteiger partial charge in [-0.25, -0.2) is 0 Å². The van der Waals surface area contributed by atoms with E-state index in [9.17, 15) is 0 Å². The Bertz CT molecular complexity index is 71.1. The fraction of sp³-hybridized carbons (Fsp3) is 1.00. The molecule has 0 bridgehead atoms. The Balaban J connectivity index is 3.27. The van der Waals surface area contributed by atoms with E-state index in [1.165, 1.54) is 12.8 Å². The first kappa shape index (κ1) is 9.96. The van der Waals surface area contributed by atoms with Crippen LogP contribution in [0.25, 0.3) is 0 Å². The average molecular weight is 144 g/mol. The highest BCUT2D eigenvalue weighted by Gasteiger charge is 2.05. The van der Waals surface area contributed by atoms with E-state index < -0.39 is 0 Å². The minimum atomic E-state index is 0.444. The molecule has 0 aliphatic rings. The van der Waals surface area contributed by atoms with E-state index in [1.54, 1.807) is 0 Å². The molecule has 0 aromatic carbocycles. The first-order chi connectivity index (χ1) is 4.70. The van der Waals surface area contributed by atoms with Crippen molar-refractivity contribution >= 4 is 0 Å². The van der Waals surface area contributed by atoms with Crippen LogP contribution in [0.1, 0.15) is 40.5 Å². The molecular weight excluding hydrogens is 124 g/mol. The maximum Gasteiger partial charge on any atom is 0.0549 e. The van der Waals surface area contributed by atoms with E-state index in [0.29, 0.717) is 6.10 Å². The van der Waals surface area contributed by atoms with Gasteiger partial charge in [0.05, 0.1) is 6.10 Å². The Morgan fingerprint density at radius 3 is 2.20 bits per heavy atom. The van der Waals surface area contributed by atoms with Gasteiger partial charge in [0.25, 0.3) is 0 Å². The highest BCUT2D eigenvalue weighted by Crippen LogP contribution is 2.11. The van der Waals surface area contributed by atoms with Gasteiger partial charge in [-0.1, -0.05) is 20.3 Å². The Morgan fingerprint density at radius 2 is 1.80 bits per heavy atom. The van der Waals surface area contributed by atoms with Gasteiger partial charge in [0.1, 0.15) is 0 Å². The van der Waals surface area contributed by atoms with Gasteiger partial charge >= 0.3 is 0 Å². The molecule has 0 N–H and O–H groups in total. The van der Waals surface area contributed by atoms with Crippen molar-refractivity contribution in [2.75, 3.05) is 6.61 Å². The summed E-state index contributed by atoms with van der Waals surface area (Å²) in [5.41, 5.74) is 0. The van der Waals surface area contributed by atoms with Crippen LogP contribution in [-0.4, -0.2) is 12.7 Å². The van der Waals surface area contributed by atoms with Crippen molar-refractivity contribution in [3.8, 4) is 0 Å². The minimum Gasteiger partial charge on any atom is -0.379 e. The molecule has 1 nitrogen and oxygen atoms in total. The molecule has 2 unspecified atom stereocenters. The summed E-state index contributed by atoms with van der Waals surface area (Å²) in [7, 11) is 0. The second kappa shape index (κ2) is 5.72. The maximum absolute atomic E-state index is 5.41. The highest BCUT2D eigenvalue weighted by molar-refractivity contribution is 4.56. The molecule has 0 radical (unpaired) electrons. The first-order valence-electron chi connectivity index (χ1n) is 4.32. The van der Waals surface area contributed by atoms with Gasteiger partial charge in [-0.15, -0.1) is 0 Å². The highest BCUT2D eigenvalue weighted by atomic mass is 16.5. The Kier molecular flexibility index (Phi) is 5.70. The van der Waals surface area contributed by atoms with Crippen molar-refractivity contribution in [3.05, 3.63) is 0 Å². The van der Waals surface area contributed by atoms with Crippen LogP contribution in [0.5, 0.6) is 0 Å². The zero-order valence-corrected chi connectivity index (χ0v) is 7.68. The van der Waals surface area contributed by atoms with Gasteiger partial charge in [0.15, 0.2) is 0 Å². The van der Waals surface area contributed by atoms with Crippen LogP contribution in [0.15, 0.2) is 0 Å². The fourth-order valence-corrected chi connectivity index (χ4v) is 1.09. The lowest BCUT2D eigenvalue weighted by Gasteiger charge is -2.15. The SMILES string of the molecule is CCOC(C)CC(C)CC. The summed E-state index contributed by atoms with van der Waals surface area (Å²) in [4.78, 5) is 0. The summed E-state index contributed by atoms with van der Waals surface area (Å²) in [5.74, 6) is 0.807. The molecule has 0 aromatic heterocycles. The van der Waals surface area contributed by atoms with Gasteiger partial charge in [-0.3, -0.25) is 0 Å². The number of rotatable bonds is 5. The van der Waals surface area contributed by atoms with Gasteiger partial charge in [-0.05, 0) is 26.2 Å². The van der Waals surface area contributed by atoms with E-state index in [4.69, 9.17) is 4.74 Å². The Hall–Kier alpha value is -0.0400.